The van der Waals surface area contributed by atoms with Crippen LogP contribution in [0.3, 0.4) is 0 Å². The Morgan fingerprint density at radius 2 is 2.11 bits per heavy atom. The van der Waals surface area contributed by atoms with Gasteiger partial charge in [-0.3, -0.25) is 4.79 Å². The van der Waals surface area contributed by atoms with E-state index in [0.29, 0.717) is 23.7 Å². The number of pyridine rings is 1. The lowest BCUT2D eigenvalue weighted by atomic mass is 10.1. The highest BCUT2D eigenvalue weighted by atomic mass is 16.1. The van der Waals surface area contributed by atoms with Gasteiger partial charge in [-0.2, -0.15) is 5.10 Å². The fourth-order valence-corrected chi connectivity index (χ4v) is 1.84. The molecule has 0 aliphatic rings. The van der Waals surface area contributed by atoms with Crippen molar-refractivity contribution in [1.82, 2.24) is 14.6 Å². The fourth-order valence-electron chi connectivity index (χ4n) is 1.84. The Hall–Kier alpha value is -1.91. The number of nitrogens with one attached hydrogen (secondary N) is 1. The minimum Gasteiger partial charge on any atom is -0.323 e. The van der Waals surface area contributed by atoms with Crippen LogP contribution in [0, 0.1) is 5.92 Å². The minimum atomic E-state index is 0.0113. The van der Waals surface area contributed by atoms with Crippen LogP contribution in [0.25, 0.3) is 5.65 Å². The van der Waals surface area contributed by atoms with E-state index in [-0.39, 0.29) is 11.8 Å². The molecule has 0 saturated carbocycles. The number of amides is 1. The number of hydrogen-bond donors (Lipinski definition) is 1. The van der Waals surface area contributed by atoms with Crippen LogP contribution < -0.4 is 5.32 Å². The first-order chi connectivity index (χ1) is 8.97. The summed E-state index contributed by atoms with van der Waals surface area (Å²) in [6.07, 6.45) is 2.35. The van der Waals surface area contributed by atoms with Gasteiger partial charge >= 0.3 is 0 Å². The molecular weight excluding hydrogens is 240 g/mol. The Morgan fingerprint density at radius 3 is 2.74 bits per heavy atom. The molecule has 2 heterocycles. The number of fused-ring (bicyclic) bond motifs is 1. The lowest BCUT2D eigenvalue weighted by Crippen LogP contribution is -2.14. The first-order valence-corrected chi connectivity index (χ1v) is 6.62. The molecule has 0 bridgehead atoms. The topological polar surface area (TPSA) is 59.3 Å². The maximum Gasteiger partial charge on any atom is 0.224 e. The number of hydrogen-bond acceptors (Lipinski definition) is 3. The van der Waals surface area contributed by atoms with Crippen LogP contribution in [-0.2, 0) is 4.79 Å². The van der Waals surface area contributed by atoms with Crippen LogP contribution in [-0.4, -0.2) is 20.5 Å². The third-order valence-corrected chi connectivity index (χ3v) is 2.76. The van der Waals surface area contributed by atoms with Gasteiger partial charge in [-0.15, -0.1) is 0 Å². The second-order valence-corrected chi connectivity index (χ2v) is 5.46. The van der Waals surface area contributed by atoms with Crippen molar-refractivity contribution >= 4 is 17.2 Å². The normalized spacial score (nSPS) is 11.5. The van der Waals surface area contributed by atoms with Gasteiger partial charge in [0.25, 0.3) is 0 Å². The molecule has 0 atom stereocenters. The van der Waals surface area contributed by atoms with Crippen LogP contribution in [0.4, 0.5) is 5.69 Å². The average Bonchev–Trinajstić information content (AvgIpc) is 2.72. The molecule has 102 valence electrons. The van der Waals surface area contributed by atoms with E-state index >= 15 is 0 Å². The van der Waals surface area contributed by atoms with Gasteiger partial charge < -0.3 is 5.32 Å². The summed E-state index contributed by atoms with van der Waals surface area (Å²) in [5.41, 5.74) is 1.41. The van der Waals surface area contributed by atoms with E-state index in [2.05, 4.69) is 15.4 Å². The van der Waals surface area contributed by atoms with Gasteiger partial charge in [0.2, 0.25) is 5.91 Å². The lowest BCUT2D eigenvalue weighted by Gasteiger charge is -2.07. The van der Waals surface area contributed by atoms with Gasteiger partial charge in [0, 0.05) is 18.5 Å². The molecule has 5 heteroatoms. The summed E-state index contributed by atoms with van der Waals surface area (Å²) in [6, 6.07) is 3.71. The Labute approximate surface area is 113 Å². The first-order valence-electron chi connectivity index (χ1n) is 6.62. The second kappa shape index (κ2) is 5.38. The highest BCUT2D eigenvalue weighted by molar-refractivity contribution is 5.94. The van der Waals surface area contributed by atoms with Gasteiger partial charge in [-0.1, -0.05) is 27.7 Å². The van der Waals surface area contributed by atoms with Crippen molar-refractivity contribution in [2.24, 2.45) is 5.92 Å². The average molecular weight is 260 g/mol. The molecule has 1 amide bonds. The number of carbonyl (C=O) groups excluding carboxylic acids is 1. The molecule has 1 N–H and O–H groups in total. The zero-order chi connectivity index (χ0) is 14.0. The molecule has 0 radical (unpaired) electrons. The molecule has 19 heavy (non-hydrogen) atoms. The quantitative estimate of drug-likeness (QED) is 0.919. The monoisotopic (exact) mass is 260 g/mol. The molecule has 0 aliphatic heterocycles. The molecule has 2 aromatic heterocycles. The summed E-state index contributed by atoms with van der Waals surface area (Å²) in [5, 5.41) is 7.30. The van der Waals surface area contributed by atoms with E-state index in [1.54, 1.807) is 4.52 Å². The number of aromatic nitrogens is 3. The van der Waals surface area contributed by atoms with Gasteiger partial charge in [-0.05, 0) is 18.1 Å². The summed E-state index contributed by atoms with van der Waals surface area (Å²) >= 11 is 0. The molecule has 0 unspecified atom stereocenters. The summed E-state index contributed by atoms with van der Waals surface area (Å²) in [5.74, 6) is 1.39. The largest absolute Gasteiger partial charge is 0.323 e. The fraction of sp³-hybridized carbons (Fsp3) is 0.500. The summed E-state index contributed by atoms with van der Waals surface area (Å²) in [6.45, 7) is 8.14. The maximum atomic E-state index is 11.8. The Morgan fingerprint density at radius 1 is 1.37 bits per heavy atom. The van der Waals surface area contributed by atoms with Crippen LogP contribution in [0.5, 0.6) is 0 Å². The van der Waals surface area contributed by atoms with E-state index in [0.717, 1.165) is 5.82 Å². The van der Waals surface area contributed by atoms with Gasteiger partial charge in [0.05, 0.1) is 5.69 Å². The standard InChI is InChI=1S/C14H20N4O/c1-9(2)8-12(19)15-11-6-5-7-18-14(11)16-13(17-18)10(3)4/h5-7,9-10H,8H2,1-4H3,(H,15,19). The predicted octanol–water partition coefficient (Wildman–Crippen LogP) is 2.84. The lowest BCUT2D eigenvalue weighted by molar-refractivity contribution is -0.116. The van der Waals surface area contributed by atoms with Gasteiger partial charge in [-0.25, -0.2) is 9.50 Å². The smallest absolute Gasteiger partial charge is 0.224 e. The van der Waals surface area contributed by atoms with Crippen LogP contribution in [0.15, 0.2) is 18.3 Å². The Kier molecular flexibility index (Phi) is 3.83. The van der Waals surface area contributed by atoms with Crippen molar-refractivity contribution in [3.63, 3.8) is 0 Å². The molecule has 0 saturated heterocycles. The summed E-state index contributed by atoms with van der Waals surface area (Å²) in [4.78, 5) is 16.3. The second-order valence-electron chi connectivity index (χ2n) is 5.46. The van der Waals surface area contributed by atoms with Crippen LogP contribution >= 0.6 is 0 Å². The number of anilines is 1. The third-order valence-electron chi connectivity index (χ3n) is 2.76. The Bertz CT molecular complexity index is 586. The molecule has 0 aliphatic carbocycles. The summed E-state index contributed by atoms with van der Waals surface area (Å²) < 4.78 is 1.71. The molecular formula is C14H20N4O. The third kappa shape index (κ3) is 3.10. The first kappa shape index (κ1) is 13.5. The van der Waals surface area contributed by atoms with E-state index < -0.39 is 0 Å². The zero-order valence-electron chi connectivity index (χ0n) is 11.8. The van der Waals surface area contributed by atoms with Gasteiger partial charge in [0.15, 0.2) is 11.5 Å². The summed E-state index contributed by atoms with van der Waals surface area (Å²) in [7, 11) is 0. The number of nitrogens with zero attached hydrogens (tertiary/aromatic N) is 3. The van der Waals surface area contributed by atoms with Crippen LogP contribution in [0.1, 0.15) is 45.9 Å². The van der Waals surface area contributed by atoms with E-state index in [1.807, 2.05) is 46.0 Å². The van der Waals surface area contributed by atoms with E-state index in [4.69, 9.17) is 0 Å². The molecule has 5 nitrogen and oxygen atoms in total. The molecule has 0 fully saturated rings. The highest BCUT2D eigenvalue weighted by Gasteiger charge is 2.12. The van der Waals surface area contributed by atoms with Crippen molar-refractivity contribution in [3.05, 3.63) is 24.2 Å². The molecule has 2 rings (SSSR count). The number of carbonyl (C=O) groups is 1. The minimum absolute atomic E-state index is 0.0113. The van der Waals surface area contributed by atoms with Crippen molar-refractivity contribution in [2.45, 2.75) is 40.0 Å². The predicted molar refractivity (Wildman–Crippen MR) is 75.2 cm³/mol. The molecule has 2 aromatic rings. The van der Waals surface area contributed by atoms with Gasteiger partial charge in [0.1, 0.15) is 0 Å². The Balaban J connectivity index is 2.30. The number of rotatable bonds is 4. The van der Waals surface area contributed by atoms with Crippen LogP contribution in [0.2, 0.25) is 0 Å². The molecule has 0 spiro atoms. The van der Waals surface area contributed by atoms with Crippen molar-refractivity contribution in [3.8, 4) is 0 Å². The van der Waals surface area contributed by atoms with E-state index in [9.17, 15) is 4.79 Å². The maximum absolute atomic E-state index is 11.8. The van der Waals surface area contributed by atoms with Crippen molar-refractivity contribution in [1.29, 1.82) is 0 Å². The SMILES string of the molecule is CC(C)CC(=O)Nc1cccn2nc(C(C)C)nc12. The van der Waals surface area contributed by atoms with Crippen molar-refractivity contribution < 1.29 is 4.79 Å². The zero-order valence-corrected chi connectivity index (χ0v) is 11.8. The van der Waals surface area contributed by atoms with E-state index in [1.165, 1.54) is 0 Å². The highest BCUT2D eigenvalue weighted by Crippen LogP contribution is 2.18. The van der Waals surface area contributed by atoms with Crippen molar-refractivity contribution in [2.75, 3.05) is 5.32 Å². The molecule has 0 aromatic carbocycles.